The quantitative estimate of drug-likeness (QED) is 0.468. The first-order chi connectivity index (χ1) is 13.5. The van der Waals surface area contributed by atoms with Gasteiger partial charge in [0.1, 0.15) is 23.9 Å². The van der Waals surface area contributed by atoms with Crippen LogP contribution in [0, 0.1) is 5.82 Å². The number of carbonyl (C=O) groups is 1. The van der Waals surface area contributed by atoms with Gasteiger partial charge in [-0.3, -0.25) is 4.79 Å². The summed E-state index contributed by atoms with van der Waals surface area (Å²) in [5.41, 5.74) is 1.91. The van der Waals surface area contributed by atoms with E-state index in [2.05, 4.69) is 0 Å². The minimum Gasteiger partial charge on any atom is -0.489 e. The molecule has 0 aromatic heterocycles. The molecule has 28 heavy (non-hydrogen) atoms. The average Bonchev–Trinajstić information content (AvgIpc) is 2.98. The molecule has 3 aromatic carbocycles. The van der Waals surface area contributed by atoms with Gasteiger partial charge in [-0.25, -0.2) is 4.39 Å². The van der Waals surface area contributed by atoms with Crippen LogP contribution in [0.5, 0.6) is 11.5 Å². The lowest BCUT2D eigenvalue weighted by molar-refractivity contribution is 0.101. The van der Waals surface area contributed by atoms with E-state index in [0.717, 1.165) is 5.56 Å². The van der Waals surface area contributed by atoms with Crippen LogP contribution in [0.1, 0.15) is 21.5 Å². The lowest BCUT2D eigenvalue weighted by Crippen LogP contribution is -1.98. The fourth-order valence-corrected chi connectivity index (χ4v) is 3.23. The topological polar surface area (TPSA) is 35.5 Å². The van der Waals surface area contributed by atoms with Gasteiger partial charge < -0.3 is 9.47 Å². The van der Waals surface area contributed by atoms with E-state index >= 15 is 0 Å². The number of rotatable bonds is 4. The van der Waals surface area contributed by atoms with Gasteiger partial charge >= 0.3 is 0 Å². The summed E-state index contributed by atoms with van der Waals surface area (Å²) in [6.07, 6.45) is 1.58. The van der Waals surface area contributed by atoms with Gasteiger partial charge in [0.25, 0.3) is 0 Å². The summed E-state index contributed by atoms with van der Waals surface area (Å²) < 4.78 is 24.5. The number of hydrogen-bond donors (Lipinski definition) is 0. The molecule has 6 heteroatoms. The zero-order valence-corrected chi connectivity index (χ0v) is 15.9. The Morgan fingerprint density at radius 1 is 1.00 bits per heavy atom. The maximum absolute atomic E-state index is 13.0. The molecule has 0 radical (unpaired) electrons. The third-order valence-electron chi connectivity index (χ3n) is 4.22. The molecule has 0 aliphatic carbocycles. The van der Waals surface area contributed by atoms with Gasteiger partial charge in [-0.2, -0.15) is 0 Å². The maximum Gasteiger partial charge on any atom is 0.231 e. The van der Waals surface area contributed by atoms with Crippen LogP contribution >= 0.6 is 23.2 Å². The van der Waals surface area contributed by atoms with Crippen molar-refractivity contribution in [2.45, 2.75) is 6.61 Å². The summed E-state index contributed by atoms with van der Waals surface area (Å²) in [5, 5.41) is 1.07. The minimum atomic E-state index is -0.341. The molecule has 4 rings (SSSR count). The highest BCUT2D eigenvalue weighted by atomic mass is 35.5. The number of ether oxygens (including phenoxy) is 2. The number of benzene rings is 3. The molecule has 0 bridgehead atoms. The summed E-state index contributed by atoms with van der Waals surface area (Å²) in [6, 6.07) is 16.0. The molecule has 0 saturated heterocycles. The second-order valence-corrected chi connectivity index (χ2v) is 7.02. The molecule has 0 amide bonds. The summed E-state index contributed by atoms with van der Waals surface area (Å²) in [4.78, 5) is 12.5. The van der Waals surface area contributed by atoms with E-state index in [0.29, 0.717) is 32.7 Å². The standard InChI is InChI=1S/C22H13Cl2FO3/c23-15-4-3-14(19(24)10-15)12-27-17-7-8-18-20(11-17)28-21(22(18)26)9-13-1-5-16(25)6-2-13/h1-11H,12H2. The minimum absolute atomic E-state index is 0.180. The first kappa shape index (κ1) is 18.5. The zero-order chi connectivity index (χ0) is 19.7. The van der Waals surface area contributed by atoms with Crippen LogP contribution in [0.25, 0.3) is 6.08 Å². The van der Waals surface area contributed by atoms with Gasteiger partial charge in [0.2, 0.25) is 5.78 Å². The van der Waals surface area contributed by atoms with Crippen LogP contribution in [0.2, 0.25) is 10.0 Å². The molecule has 1 heterocycles. The van der Waals surface area contributed by atoms with Crippen molar-refractivity contribution in [3.8, 4) is 11.5 Å². The molecule has 0 spiro atoms. The third-order valence-corrected chi connectivity index (χ3v) is 4.81. The lowest BCUT2D eigenvalue weighted by atomic mass is 10.1. The van der Waals surface area contributed by atoms with E-state index < -0.39 is 0 Å². The number of allylic oxidation sites excluding steroid dienone is 1. The Labute approximate surface area is 170 Å². The van der Waals surface area contributed by atoms with E-state index in [4.69, 9.17) is 32.7 Å². The van der Waals surface area contributed by atoms with Gasteiger partial charge in [-0.05, 0) is 48.0 Å². The second kappa shape index (κ2) is 7.66. The van der Waals surface area contributed by atoms with Gasteiger partial charge in [-0.1, -0.05) is 41.4 Å². The molecule has 3 nitrogen and oxygen atoms in total. The van der Waals surface area contributed by atoms with Crippen LogP contribution in [0.4, 0.5) is 4.39 Å². The number of fused-ring (bicyclic) bond motifs is 1. The highest BCUT2D eigenvalue weighted by molar-refractivity contribution is 6.35. The molecular weight excluding hydrogens is 402 g/mol. The average molecular weight is 415 g/mol. The van der Waals surface area contributed by atoms with Crippen molar-refractivity contribution in [3.05, 3.63) is 99.0 Å². The van der Waals surface area contributed by atoms with E-state index in [1.165, 1.54) is 12.1 Å². The van der Waals surface area contributed by atoms with Crippen LogP contribution in [0.15, 0.2) is 66.4 Å². The van der Waals surface area contributed by atoms with Gasteiger partial charge in [-0.15, -0.1) is 0 Å². The Balaban J connectivity index is 1.51. The summed E-state index contributed by atoms with van der Waals surface area (Å²) >= 11 is 12.0. The highest BCUT2D eigenvalue weighted by Gasteiger charge is 2.27. The SMILES string of the molecule is O=C1C(=Cc2ccc(F)cc2)Oc2cc(OCc3ccc(Cl)cc3Cl)ccc21. The van der Waals surface area contributed by atoms with Crippen LogP contribution in [-0.4, -0.2) is 5.78 Å². The fraction of sp³-hybridized carbons (Fsp3) is 0.0455. The van der Waals surface area contributed by atoms with Gasteiger partial charge in [0, 0.05) is 21.7 Å². The fourth-order valence-electron chi connectivity index (χ4n) is 2.77. The van der Waals surface area contributed by atoms with E-state index in [1.54, 1.807) is 54.6 Å². The van der Waals surface area contributed by atoms with Crippen molar-refractivity contribution >= 4 is 35.1 Å². The largest absolute Gasteiger partial charge is 0.489 e. The Kier molecular flexibility index (Phi) is 5.07. The zero-order valence-electron chi connectivity index (χ0n) is 14.4. The predicted octanol–water partition coefficient (Wildman–Crippen LogP) is 6.33. The van der Waals surface area contributed by atoms with Crippen molar-refractivity contribution in [1.82, 2.24) is 0 Å². The van der Waals surface area contributed by atoms with Crippen molar-refractivity contribution < 1.29 is 18.7 Å². The van der Waals surface area contributed by atoms with E-state index in [1.807, 2.05) is 0 Å². The maximum atomic E-state index is 13.0. The summed E-state index contributed by atoms with van der Waals surface area (Å²) in [6.45, 7) is 0.251. The second-order valence-electron chi connectivity index (χ2n) is 6.17. The number of ketones is 1. The van der Waals surface area contributed by atoms with Crippen molar-refractivity contribution in [1.29, 1.82) is 0 Å². The smallest absolute Gasteiger partial charge is 0.231 e. The van der Waals surface area contributed by atoms with Crippen molar-refractivity contribution in [2.75, 3.05) is 0 Å². The Bertz CT molecular complexity index is 1090. The van der Waals surface area contributed by atoms with Crippen molar-refractivity contribution in [2.24, 2.45) is 0 Å². The first-order valence-electron chi connectivity index (χ1n) is 8.40. The summed E-state index contributed by atoms with van der Waals surface area (Å²) in [5.74, 6) is 0.566. The Morgan fingerprint density at radius 3 is 2.54 bits per heavy atom. The molecular formula is C22H13Cl2FO3. The van der Waals surface area contributed by atoms with Gasteiger partial charge in [0.05, 0.1) is 5.56 Å². The number of Topliss-reactive ketones (excluding diaryl/α,β-unsaturated/α-hetero) is 1. The van der Waals surface area contributed by atoms with Crippen molar-refractivity contribution in [3.63, 3.8) is 0 Å². The molecule has 0 N–H and O–H groups in total. The van der Waals surface area contributed by atoms with E-state index in [9.17, 15) is 9.18 Å². The highest BCUT2D eigenvalue weighted by Crippen LogP contribution is 2.35. The molecule has 1 aliphatic rings. The van der Waals surface area contributed by atoms with Crippen LogP contribution < -0.4 is 9.47 Å². The lowest BCUT2D eigenvalue weighted by Gasteiger charge is -2.09. The van der Waals surface area contributed by atoms with Crippen LogP contribution in [-0.2, 0) is 6.61 Å². The number of halogens is 3. The number of carbonyl (C=O) groups excluding carboxylic acids is 1. The molecule has 0 fully saturated rings. The molecule has 140 valence electrons. The molecule has 3 aromatic rings. The Hall–Kier alpha value is -2.82. The molecule has 0 saturated carbocycles. The van der Waals surface area contributed by atoms with Crippen LogP contribution in [0.3, 0.4) is 0 Å². The normalized spacial score (nSPS) is 14.1. The monoisotopic (exact) mass is 414 g/mol. The molecule has 1 aliphatic heterocycles. The first-order valence-corrected chi connectivity index (χ1v) is 9.16. The number of hydrogen-bond acceptors (Lipinski definition) is 3. The Morgan fingerprint density at radius 2 is 1.79 bits per heavy atom. The van der Waals surface area contributed by atoms with E-state index in [-0.39, 0.29) is 24.0 Å². The predicted molar refractivity (Wildman–Crippen MR) is 107 cm³/mol. The molecule has 0 unspecified atom stereocenters. The summed E-state index contributed by atoms with van der Waals surface area (Å²) in [7, 11) is 0. The molecule has 0 atom stereocenters. The van der Waals surface area contributed by atoms with Gasteiger partial charge in [0.15, 0.2) is 5.76 Å². The third kappa shape index (κ3) is 3.88.